The van der Waals surface area contributed by atoms with Crippen molar-refractivity contribution in [1.29, 1.82) is 5.26 Å². The molecule has 17 heavy (non-hydrogen) atoms. The summed E-state index contributed by atoms with van der Waals surface area (Å²) in [5.74, 6) is 0. The van der Waals surface area contributed by atoms with Crippen molar-refractivity contribution in [2.45, 2.75) is 13.0 Å². The van der Waals surface area contributed by atoms with Gasteiger partial charge in [-0.2, -0.15) is 5.26 Å². The summed E-state index contributed by atoms with van der Waals surface area (Å²) >= 11 is 7.50. The summed E-state index contributed by atoms with van der Waals surface area (Å²) in [4.78, 5) is 4.23. The van der Waals surface area contributed by atoms with E-state index in [1.165, 1.54) is 0 Å². The maximum atomic E-state index is 9.01. The number of nitriles is 1. The van der Waals surface area contributed by atoms with E-state index in [0.717, 1.165) is 10.7 Å². The van der Waals surface area contributed by atoms with Gasteiger partial charge in [0.05, 0.1) is 17.3 Å². The number of hydrogen-bond acceptors (Lipinski definition) is 4. The van der Waals surface area contributed by atoms with Gasteiger partial charge in [-0.3, -0.25) is 0 Å². The molecule has 2 rings (SSSR count). The lowest BCUT2D eigenvalue weighted by molar-refractivity contribution is 0.869. The van der Waals surface area contributed by atoms with Gasteiger partial charge in [0.25, 0.3) is 0 Å². The lowest BCUT2D eigenvalue weighted by Crippen LogP contribution is -2.07. The number of benzene rings is 1. The van der Waals surface area contributed by atoms with Gasteiger partial charge >= 0.3 is 0 Å². The Hall–Kier alpha value is -1.57. The van der Waals surface area contributed by atoms with Crippen LogP contribution in [0.25, 0.3) is 0 Å². The smallest absolute Gasteiger partial charge is 0.115 e. The highest BCUT2D eigenvalue weighted by Gasteiger charge is 2.10. The van der Waals surface area contributed by atoms with Crippen LogP contribution >= 0.6 is 22.9 Å². The molecule has 0 aliphatic heterocycles. The zero-order valence-electron chi connectivity index (χ0n) is 9.14. The molecule has 0 fully saturated rings. The van der Waals surface area contributed by atoms with E-state index in [1.54, 1.807) is 35.7 Å². The highest BCUT2D eigenvalue weighted by molar-refractivity contribution is 7.09. The second-order valence-corrected chi connectivity index (χ2v) is 4.90. The van der Waals surface area contributed by atoms with Crippen LogP contribution in [0.2, 0.25) is 5.02 Å². The van der Waals surface area contributed by atoms with Crippen LogP contribution in [0.1, 0.15) is 23.5 Å². The van der Waals surface area contributed by atoms with Gasteiger partial charge in [-0.15, -0.1) is 11.3 Å². The molecule has 0 aliphatic carbocycles. The summed E-state index contributed by atoms with van der Waals surface area (Å²) in [5, 5.41) is 15.8. The van der Waals surface area contributed by atoms with E-state index in [-0.39, 0.29) is 6.04 Å². The number of anilines is 1. The molecule has 0 amide bonds. The number of rotatable bonds is 3. The topological polar surface area (TPSA) is 48.7 Å². The van der Waals surface area contributed by atoms with Crippen LogP contribution < -0.4 is 5.32 Å². The van der Waals surface area contributed by atoms with E-state index in [9.17, 15) is 0 Å². The molecule has 1 atom stereocenters. The number of aromatic nitrogens is 1. The number of thiazole rings is 1. The van der Waals surface area contributed by atoms with Crippen molar-refractivity contribution in [2.75, 3.05) is 5.32 Å². The van der Waals surface area contributed by atoms with Crippen molar-refractivity contribution in [1.82, 2.24) is 4.98 Å². The highest BCUT2D eigenvalue weighted by atomic mass is 35.5. The minimum Gasteiger partial charge on any atom is -0.375 e. The zero-order valence-corrected chi connectivity index (χ0v) is 10.7. The van der Waals surface area contributed by atoms with Crippen LogP contribution in [0, 0.1) is 11.3 Å². The van der Waals surface area contributed by atoms with Crippen molar-refractivity contribution in [3.05, 3.63) is 45.4 Å². The average molecular weight is 264 g/mol. The first-order valence-corrected chi connectivity index (χ1v) is 6.32. The first kappa shape index (κ1) is 11.9. The minimum absolute atomic E-state index is 0.0561. The highest BCUT2D eigenvalue weighted by Crippen LogP contribution is 2.25. The van der Waals surface area contributed by atoms with Gasteiger partial charge in [-0.1, -0.05) is 11.6 Å². The van der Waals surface area contributed by atoms with Crippen molar-refractivity contribution < 1.29 is 0 Å². The van der Waals surface area contributed by atoms with E-state index >= 15 is 0 Å². The van der Waals surface area contributed by atoms with Gasteiger partial charge in [-0.25, -0.2) is 4.98 Å². The first-order valence-electron chi connectivity index (χ1n) is 5.06. The van der Waals surface area contributed by atoms with E-state index in [2.05, 4.69) is 16.4 Å². The quantitative estimate of drug-likeness (QED) is 0.915. The first-order chi connectivity index (χ1) is 8.20. The zero-order chi connectivity index (χ0) is 12.3. The third-order valence-electron chi connectivity index (χ3n) is 2.30. The third kappa shape index (κ3) is 2.76. The second kappa shape index (κ2) is 5.17. The maximum absolute atomic E-state index is 9.01. The van der Waals surface area contributed by atoms with Crippen LogP contribution in [-0.2, 0) is 0 Å². The Morgan fingerprint density at radius 1 is 1.53 bits per heavy atom. The molecular weight excluding hydrogens is 254 g/mol. The molecule has 1 aromatic carbocycles. The molecule has 1 aromatic heterocycles. The number of nitrogens with zero attached hydrogens (tertiary/aromatic N) is 2. The van der Waals surface area contributed by atoms with Gasteiger partial charge in [0.1, 0.15) is 11.1 Å². The minimum atomic E-state index is 0.0561. The molecule has 86 valence electrons. The molecule has 2 aromatic rings. The van der Waals surface area contributed by atoms with E-state index in [0.29, 0.717) is 10.6 Å². The predicted octanol–water partition coefficient (Wildman–Crippen LogP) is 3.84. The van der Waals surface area contributed by atoms with Gasteiger partial charge in [0.2, 0.25) is 0 Å². The van der Waals surface area contributed by atoms with Crippen molar-refractivity contribution >= 4 is 28.6 Å². The molecule has 5 heteroatoms. The number of halogens is 1. The Morgan fingerprint density at radius 3 is 3.00 bits per heavy atom. The number of nitrogens with one attached hydrogen (secondary N) is 1. The molecule has 0 saturated heterocycles. The maximum Gasteiger partial charge on any atom is 0.115 e. The second-order valence-electron chi connectivity index (χ2n) is 3.54. The molecule has 0 spiro atoms. The lowest BCUT2D eigenvalue weighted by Gasteiger charge is -2.14. The Kier molecular flexibility index (Phi) is 3.62. The van der Waals surface area contributed by atoms with Crippen LogP contribution in [0.3, 0.4) is 0 Å². The van der Waals surface area contributed by atoms with E-state index in [1.807, 2.05) is 12.3 Å². The summed E-state index contributed by atoms with van der Waals surface area (Å²) in [6.07, 6.45) is 1.77. The van der Waals surface area contributed by atoms with Gasteiger partial charge in [0, 0.05) is 16.6 Å². The molecule has 3 nitrogen and oxygen atoms in total. The fraction of sp³-hybridized carbons (Fsp3) is 0.167. The Bertz CT molecular complexity index is 545. The molecule has 0 saturated carbocycles. The fourth-order valence-electron chi connectivity index (χ4n) is 1.48. The van der Waals surface area contributed by atoms with Crippen molar-refractivity contribution in [3.8, 4) is 6.07 Å². The summed E-state index contributed by atoms with van der Waals surface area (Å²) in [6.45, 7) is 2.00. The van der Waals surface area contributed by atoms with Crippen molar-refractivity contribution in [3.63, 3.8) is 0 Å². The Balaban J connectivity index is 2.24. The Labute approximate surface area is 109 Å². The molecule has 1 heterocycles. The summed E-state index contributed by atoms with van der Waals surface area (Å²) in [7, 11) is 0. The monoisotopic (exact) mass is 263 g/mol. The summed E-state index contributed by atoms with van der Waals surface area (Å²) in [6, 6.07) is 7.36. The third-order valence-corrected chi connectivity index (χ3v) is 3.49. The molecule has 0 aliphatic rings. The molecule has 1 N–H and O–H groups in total. The molecular formula is C12H10ClN3S. The molecule has 1 unspecified atom stereocenters. The summed E-state index contributed by atoms with van der Waals surface area (Å²) < 4.78 is 0. The molecule has 0 radical (unpaired) electrons. The SMILES string of the molecule is CC(Nc1cc(Cl)ccc1C#N)c1nccs1. The van der Waals surface area contributed by atoms with Crippen LogP contribution in [0.4, 0.5) is 5.69 Å². The van der Waals surface area contributed by atoms with E-state index < -0.39 is 0 Å². The predicted molar refractivity (Wildman–Crippen MR) is 70.3 cm³/mol. The number of hydrogen-bond donors (Lipinski definition) is 1. The molecule has 0 bridgehead atoms. The van der Waals surface area contributed by atoms with Crippen molar-refractivity contribution in [2.24, 2.45) is 0 Å². The van der Waals surface area contributed by atoms with Crippen LogP contribution in [-0.4, -0.2) is 4.98 Å². The van der Waals surface area contributed by atoms with Crippen LogP contribution in [0.5, 0.6) is 0 Å². The standard InChI is InChI=1S/C12H10ClN3S/c1-8(12-15-4-5-17-12)16-11-6-10(13)3-2-9(11)7-14/h2-6,8,16H,1H3. The lowest BCUT2D eigenvalue weighted by atomic mass is 10.2. The van der Waals surface area contributed by atoms with Gasteiger partial charge < -0.3 is 5.32 Å². The Morgan fingerprint density at radius 2 is 2.35 bits per heavy atom. The van der Waals surface area contributed by atoms with E-state index in [4.69, 9.17) is 16.9 Å². The largest absolute Gasteiger partial charge is 0.375 e. The van der Waals surface area contributed by atoms with Crippen LogP contribution in [0.15, 0.2) is 29.8 Å². The average Bonchev–Trinajstić information content (AvgIpc) is 2.83. The normalized spacial score (nSPS) is 11.8. The van der Waals surface area contributed by atoms with Gasteiger partial charge in [-0.05, 0) is 25.1 Å². The summed E-state index contributed by atoms with van der Waals surface area (Å²) in [5.41, 5.74) is 1.32. The van der Waals surface area contributed by atoms with Gasteiger partial charge in [0.15, 0.2) is 0 Å². The fourth-order valence-corrected chi connectivity index (χ4v) is 2.29.